The minimum Gasteiger partial charge on any atom is -0.345 e. The van der Waals surface area contributed by atoms with Gasteiger partial charge in [-0.15, -0.1) is 12.4 Å². The van der Waals surface area contributed by atoms with E-state index in [1.807, 2.05) is 44.2 Å². The van der Waals surface area contributed by atoms with Crippen LogP contribution in [0, 0.1) is 0 Å². The highest BCUT2D eigenvalue weighted by Gasteiger charge is 2.27. The number of pyridine rings is 1. The average Bonchev–Trinajstić information content (AvgIpc) is 2.60. The number of H-pyrrole nitrogens is 1. The number of aromatic amines is 1. The van der Waals surface area contributed by atoms with Crippen LogP contribution < -0.4 is 16.6 Å². The highest BCUT2D eigenvalue weighted by molar-refractivity contribution is 5.94. The molecule has 0 unspecified atom stereocenters. The lowest BCUT2D eigenvalue weighted by molar-refractivity contribution is 0.0893. The Balaban J connectivity index is 0.00000288. The Morgan fingerprint density at radius 1 is 1.12 bits per heavy atom. The Kier molecular flexibility index (Phi) is 7.19. The number of rotatable bonds is 6. The molecule has 5 nitrogen and oxygen atoms in total. The first-order valence-electron chi connectivity index (χ1n) is 7.86. The van der Waals surface area contributed by atoms with E-state index in [2.05, 4.69) is 10.3 Å². The van der Waals surface area contributed by atoms with Crippen LogP contribution >= 0.6 is 12.4 Å². The molecular weight excluding hydrogens is 326 g/mol. The molecule has 130 valence electrons. The number of carbonyl (C=O) groups is 1. The summed E-state index contributed by atoms with van der Waals surface area (Å²) < 4.78 is 0. The van der Waals surface area contributed by atoms with Gasteiger partial charge in [0.15, 0.2) is 0 Å². The third-order valence-corrected chi connectivity index (χ3v) is 4.36. The van der Waals surface area contributed by atoms with E-state index >= 15 is 0 Å². The zero-order chi connectivity index (χ0) is 16.9. The van der Waals surface area contributed by atoms with Crippen LogP contribution in [0.5, 0.6) is 0 Å². The predicted octanol–water partition coefficient (Wildman–Crippen LogP) is 2.71. The molecule has 1 heterocycles. The van der Waals surface area contributed by atoms with E-state index in [1.54, 1.807) is 12.1 Å². The summed E-state index contributed by atoms with van der Waals surface area (Å²) in [6.07, 6.45) is 1.43. The van der Waals surface area contributed by atoms with Crippen LogP contribution in [0.15, 0.2) is 47.3 Å². The van der Waals surface area contributed by atoms with Crippen molar-refractivity contribution < 1.29 is 4.79 Å². The van der Waals surface area contributed by atoms with E-state index < -0.39 is 11.1 Å². The van der Waals surface area contributed by atoms with Gasteiger partial charge >= 0.3 is 0 Å². The van der Waals surface area contributed by atoms with Gasteiger partial charge in [0.2, 0.25) is 0 Å². The van der Waals surface area contributed by atoms with Crippen LogP contribution in [0.1, 0.15) is 37.0 Å². The first kappa shape index (κ1) is 19.9. The molecule has 2 aromatic rings. The van der Waals surface area contributed by atoms with E-state index in [4.69, 9.17) is 5.73 Å². The highest BCUT2D eigenvalue weighted by Crippen LogP contribution is 2.16. The maximum absolute atomic E-state index is 12.4. The quantitative estimate of drug-likeness (QED) is 0.749. The maximum Gasteiger partial charge on any atom is 0.261 e. The summed E-state index contributed by atoms with van der Waals surface area (Å²) in [6, 6.07) is 12.8. The number of aromatic nitrogens is 1. The van der Waals surface area contributed by atoms with E-state index in [0.29, 0.717) is 25.1 Å². The van der Waals surface area contributed by atoms with Gasteiger partial charge in [-0.2, -0.15) is 0 Å². The topological polar surface area (TPSA) is 88.0 Å². The van der Waals surface area contributed by atoms with Crippen molar-refractivity contribution in [2.45, 2.75) is 32.2 Å². The van der Waals surface area contributed by atoms with Crippen LogP contribution in [0.25, 0.3) is 11.3 Å². The van der Waals surface area contributed by atoms with E-state index in [1.165, 1.54) is 0 Å². The van der Waals surface area contributed by atoms with Crippen LogP contribution in [-0.2, 0) is 0 Å². The second-order valence-corrected chi connectivity index (χ2v) is 5.63. The first-order chi connectivity index (χ1) is 11.0. The number of hydrogen-bond donors (Lipinski definition) is 3. The van der Waals surface area contributed by atoms with Crippen molar-refractivity contribution in [3.05, 3.63) is 58.4 Å². The second-order valence-electron chi connectivity index (χ2n) is 5.63. The number of halogens is 1. The van der Waals surface area contributed by atoms with Gasteiger partial charge in [0.25, 0.3) is 11.5 Å². The Labute approximate surface area is 148 Å². The molecular formula is C18H24ClN3O2. The molecule has 0 atom stereocenters. The molecule has 0 bridgehead atoms. The molecule has 2 rings (SSSR count). The Bertz CT molecular complexity index is 716. The van der Waals surface area contributed by atoms with Crippen LogP contribution in [0.4, 0.5) is 0 Å². The van der Waals surface area contributed by atoms with Crippen molar-refractivity contribution in [2.75, 3.05) is 6.54 Å². The SMILES string of the molecule is CCC(CC)(CN)NC(=O)c1ccc(-c2ccccc2)[nH]c1=O.Cl. The second kappa shape index (κ2) is 8.66. The van der Waals surface area contributed by atoms with Gasteiger partial charge in [-0.1, -0.05) is 44.2 Å². The lowest BCUT2D eigenvalue weighted by Crippen LogP contribution is -2.53. The number of benzene rings is 1. The first-order valence-corrected chi connectivity index (χ1v) is 7.86. The van der Waals surface area contributed by atoms with Crippen LogP contribution in [-0.4, -0.2) is 23.0 Å². The fourth-order valence-corrected chi connectivity index (χ4v) is 2.51. The highest BCUT2D eigenvalue weighted by atomic mass is 35.5. The van der Waals surface area contributed by atoms with E-state index in [-0.39, 0.29) is 23.9 Å². The van der Waals surface area contributed by atoms with E-state index in [0.717, 1.165) is 5.56 Å². The van der Waals surface area contributed by atoms with Crippen molar-refractivity contribution >= 4 is 18.3 Å². The zero-order valence-electron chi connectivity index (χ0n) is 14.0. The number of amides is 1. The summed E-state index contributed by atoms with van der Waals surface area (Å²) >= 11 is 0. The third-order valence-electron chi connectivity index (χ3n) is 4.36. The number of hydrogen-bond acceptors (Lipinski definition) is 3. The largest absolute Gasteiger partial charge is 0.345 e. The molecule has 1 aromatic carbocycles. The number of nitrogens with one attached hydrogen (secondary N) is 2. The molecule has 0 aliphatic heterocycles. The monoisotopic (exact) mass is 349 g/mol. The van der Waals surface area contributed by atoms with Gasteiger partial charge in [0.05, 0.1) is 5.54 Å². The molecule has 1 amide bonds. The third kappa shape index (κ3) is 4.24. The minimum atomic E-state index is -0.471. The Morgan fingerprint density at radius 3 is 2.25 bits per heavy atom. The average molecular weight is 350 g/mol. The van der Waals surface area contributed by atoms with Crippen molar-refractivity contribution in [2.24, 2.45) is 5.73 Å². The lowest BCUT2D eigenvalue weighted by Gasteiger charge is -2.31. The molecule has 0 saturated heterocycles. The molecule has 0 saturated carbocycles. The Morgan fingerprint density at radius 2 is 1.75 bits per heavy atom. The normalized spacial score (nSPS) is 10.8. The molecule has 24 heavy (non-hydrogen) atoms. The van der Waals surface area contributed by atoms with E-state index in [9.17, 15) is 9.59 Å². The summed E-state index contributed by atoms with van der Waals surface area (Å²) in [5, 5.41) is 2.91. The van der Waals surface area contributed by atoms with Crippen molar-refractivity contribution in [1.29, 1.82) is 0 Å². The van der Waals surface area contributed by atoms with Crippen molar-refractivity contribution in [1.82, 2.24) is 10.3 Å². The smallest absolute Gasteiger partial charge is 0.261 e. The van der Waals surface area contributed by atoms with Gasteiger partial charge in [-0.25, -0.2) is 0 Å². The van der Waals surface area contributed by atoms with Gasteiger partial charge < -0.3 is 16.0 Å². The number of carbonyl (C=O) groups excluding carboxylic acids is 1. The molecule has 0 aliphatic carbocycles. The van der Waals surface area contributed by atoms with Gasteiger partial charge in [0.1, 0.15) is 5.56 Å². The summed E-state index contributed by atoms with van der Waals surface area (Å²) in [5.41, 5.74) is 6.60. The standard InChI is InChI=1S/C18H23N3O2.ClH/c1-3-18(4-2,12-19)21-17(23)14-10-11-15(20-16(14)22)13-8-6-5-7-9-13;/h5-11H,3-4,12,19H2,1-2H3,(H,20,22)(H,21,23);1H. The molecule has 0 fully saturated rings. The molecule has 0 spiro atoms. The van der Waals surface area contributed by atoms with Crippen LogP contribution in [0.3, 0.4) is 0 Å². The van der Waals surface area contributed by atoms with Gasteiger partial charge in [-0.3, -0.25) is 9.59 Å². The minimum absolute atomic E-state index is 0. The fraction of sp³-hybridized carbons (Fsp3) is 0.333. The molecule has 4 N–H and O–H groups in total. The Hall–Kier alpha value is -2.11. The zero-order valence-corrected chi connectivity index (χ0v) is 14.8. The van der Waals surface area contributed by atoms with Gasteiger partial charge in [-0.05, 0) is 30.5 Å². The maximum atomic E-state index is 12.4. The molecule has 1 aromatic heterocycles. The summed E-state index contributed by atoms with van der Waals surface area (Å²) in [5.74, 6) is -0.389. The predicted molar refractivity (Wildman–Crippen MR) is 99.6 cm³/mol. The van der Waals surface area contributed by atoms with Gasteiger partial charge in [0, 0.05) is 12.2 Å². The van der Waals surface area contributed by atoms with Crippen LogP contribution in [0.2, 0.25) is 0 Å². The fourth-order valence-electron chi connectivity index (χ4n) is 2.51. The molecule has 6 heteroatoms. The summed E-state index contributed by atoms with van der Waals surface area (Å²) in [7, 11) is 0. The van der Waals surface area contributed by atoms with Crippen molar-refractivity contribution in [3.63, 3.8) is 0 Å². The lowest BCUT2D eigenvalue weighted by atomic mass is 9.92. The summed E-state index contributed by atoms with van der Waals surface area (Å²) in [6.45, 7) is 4.28. The molecule has 0 aliphatic rings. The summed E-state index contributed by atoms with van der Waals surface area (Å²) in [4.78, 5) is 27.4. The molecule has 0 radical (unpaired) electrons. The number of nitrogens with two attached hydrogens (primary N) is 1. The van der Waals surface area contributed by atoms with Crippen molar-refractivity contribution in [3.8, 4) is 11.3 Å².